The highest BCUT2D eigenvalue weighted by Crippen LogP contribution is 2.47. The van der Waals surface area contributed by atoms with Gasteiger partial charge in [-0.15, -0.1) is 0 Å². The Balaban J connectivity index is 1.99. The quantitative estimate of drug-likeness (QED) is 0.537. The molecular formula is C14H23N4O5P. The molecule has 0 aromatic carbocycles. The zero-order chi connectivity index (χ0) is 17.7. The summed E-state index contributed by atoms with van der Waals surface area (Å²) in [6.07, 6.45) is 2.81. The number of aryl methyl sites for hydroxylation is 1. The fourth-order valence-corrected chi connectivity index (χ4v) is 3.62. The fourth-order valence-electron chi connectivity index (χ4n) is 2.38. The lowest BCUT2D eigenvalue weighted by Gasteiger charge is -2.15. The third-order valence-electron chi connectivity index (χ3n) is 3.69. The molecule has 2 heterocycles. The summed E-state index contributed by atoms with van der Waals surface area (Å²) >= 11 is 0. The average Bonchev–Trinajstić information content (AvgIpc) is 3.05. The molecule has 0 saturated heterocycles. The van der Waals surface area contributed by atoms with E-state index in [4.69, 9.17) is 9.05 Å². The van der Waals surface area contributed by atoms with E-state index in [0.29, 0.717) is 36.8 Å². The summed E-state index contributed by atoms with van der Waals surface area (Å²) < 4.78 is 25.1. The number of rotatable bonds is 9. The van der Waals surface area contributed by atoms with Crippen molar-refractivity contribution in [2.45, 2.75) is 33.2 Å². The molecule has 0 aliphatic rings. The molecule has 0 spiro atoms. The largest absolute Gasteiger partial charge is 0.339 e. The second-order valence-electron chi connectivity index (χ2n) is 5.28. The maximum atomic E-state index is 12.3. The SMILES string of the molecule is CCOP(=O)(CC)OCCCCn1c(=O)c2[nH]cnc2n(C)c1=O. The van der Waals surface area contributed by atoms with E-state index in [2.05, 4.69) is 9.97 Å². The van der Waals surface area contributed by atoms with Gasteiger partial charge in [0.2, 0.25) is 0 Å². The molecular weight excluding hydrogens is 335 g/mol. The molecule has 2 aromatic rings. The van der Waals surface area contributed by atoms with Gasteiger partial charge in [-0.3, -0.25) is 18.5 Å². The molecule has 0 aliphatic heterocycles. The number of nitrogens with zero attached hydrogens (tertiary/aromatic N) is 3. The highest BCUT2D eigenvalue weighted by molar-refractivity contribution is 7.53. The number of hydrogen-bond donors (Lipinski definition) is 1. The Morgan fingerprint density at radius 2 is 2.00 bits per heavy atom. The van der Waals surface area contributed by atoms with Gasteiger partial charge in [0.1, 0.15) is 5.52 Å². The van der Waals surface area contributed by atoms with Gasteiger partial charge in [-0.05, 0) is 19.8 Å². The lowest BCUT2D eigenvalue weighted by Crippen LogP contribution is -2.39. The van der Waals surface area contributed by atoms with E-state index in [1.807, 2.05) is 0 Å². The van der Waals surface area contributed by atoms with Crippen molar-refractivity contribution in [3.63, 3.8) is 0 Å². The standard InChI is InChI=1S/C14H23N4O5P/c1-4-22-24(21,5-2)23-9-7-6-8-18-13(19)11-12(16-10-15-11)17(3)14(18)20/h10H,4-9H2,1-3H3,(H,15,16). The van der Waals surface area contributed by atoms with Gasteiger partial charge < -0.3 is 14.0 Å². The predicted molar refractivity (Wildman–Crippen MR) is 90.6 cm³/mol. The molecule has 2 aromatic heterocycles. The van der Waals surface area contributed by atoms with Crippen molar-refractivity contribution in [2.75, 3.05) is 19.4 Å². The van der Waals surface area contributed by atoms with Crippen molar-refractivity contribution < 1.29 is 13.6 Å². The van der Waals surface area contributed by atoms with Crippen LogP contribution in [0.1, 0.15) is 26.7 Å². The summed E-state index contributed by atoms with van der Waals surface area (Å²) in [7, 11) is -1.44. The summed E-state index contributed by atoms with van der Waals surface area (Å²) in [6.45, 7) is 4.36. The molecule has 0 amide bonds. The lowest BCUT2D eigenvalue weighted by atomic mass is 10.3. The predicted octanol–water partition coefficient (Wildman–Crippen LogP) is 1.47. The monoisotopic (exact) mass is 358 g/mol. The van der Waals surface area contributed by atoms with E-state index in [-0.39, 0.29) is 18.7 Å². The van der Waals surface area contributed by atoms with Crippen LogP contribution in [-0.4, -0.2) is 38.5 Å². The van der Waals surface area contributed by atoms with Crippen molar-refractivity contribution in [1.29, 1.82) is 0 Å². The maximum absolute atomic E-state index is 12.3. The Labute approximate surface area is 139 Å². The van der Waals surface area contributed by atoms with E-state index >= 15 is 0 Å². The first-order valence-corrected chi connectivity index (χ1v) is 9.67. The Bertz CT molecular complexity index is 853. The molecule has 0 bridgehead atoms. The second kappa shape index (κ2) is 7.92. The summed E-state index contributed by atoms with van der Waals surface area (Å²) in [4.78, 5) is 31.3. The van der Waals surface area contributed by atoms with Crippen molar-refractivity contribution in [2.24, 2.45) is 7.05 Å². The Morgan fingerprint density at radius 1 is 1.25 bits per heavy atom. The average molecular weight is 358 g/mol. The Hall–Kier alpha value is -1.70. The minimum absolute atomic E-state index is 0.256. The van der Waals surface area contributed by atoms with Crippen LogP contribution >= 0.6 is 7.60 Å². The highest BCUT2D eigenvalue weighted by atomic mass is 31.2. The first-order valence-electron chi connectivity index (χ1n) is 7.94. The number of nitrogens with one attached hydrogen (secondary N) is 1. The summed E-state index contributed by atoms with van der Waals surface area (Å²) in [6, 6.07) is 0. The highest BCUT2D eigenvalue weighted by Gasteiger charge is 2.20. The van der Waals surface area contributed by atoms with Gasteiger partial charge in [-0.25, -0.2) is 9.78 Å². The molecule has 1 atom stereocenters. The van der Waals surface area contributed by atoms with E-state index in [1.54, 1.807) is 20.9 Å². The van der Waals surface area contributed by atoms with Gasteiger partial charge >= 0.3 is 13.3 Å². The number of aromatic nitrogens is 4. The molecule has 0 aliphatic carbocycles. The van der Waals surface area contributed by atoms with Gasteiger partial charge in [-0.2, -0.15) is 0 Å². The van der Waals surface area contributed by atoms with Crippen LogP contribution in [-0.2, 0) is 27.2 Å². The number of aromatic amines is 1. The van der Waals surface area contributed by atoms with Crippen molar-refractivity contribution in [1.82, 2.24) is 19.1 Å². The third kappa shape index (κ3) is 3.85. The fraction of sp³-hybridized carbons (Fsp3) is 0.643. The van der Waals surface area contributed by atoms with Crippen LogP contribution in [0.4, 0.5) is 0 Å². The molecule has 134 valence electrons. The minimum atomic E-state index is -3.01. The first kappa shape index (κ1) is 18.6. The van der Waals surface area contributed by atoms with E-state index in [0.717, 1.165) is 0 Å². The zero-order valence-electron chi connectivity index (χ0n) is 14.2. The van der Waals surface area contributed by atoms with Crippen LogP contribution < -0.4 is 11.2 Å². The number of unbranched alkanes of at least 4 members (excludes halogenated alkanes) is 1. The van der Waals surface area contributed by atoms with Crippen LogP contribution in [0.3, 0.4) is 0 Å². The smallest absolute Gasteiger partial charge is 0.332 e. The molecule has 0 radical (unpaired) electrons. The van der Waals surface area contributed by atoms with Gasteiger partial charge in [0.15, 0.2) is 5.65 Å². The van der Waals surface area contributed by atoms with E-state index in [1.165, 1.54) is 15.5 Å². The number of H-pyrrole nitrogens is 1. The third-order valence-corrected chi connectivity index (χ3v) is 5.69. The van der Waals surface area contributed by atoms with E-state index in [9.17, 15) is 14.2 Å². The number of hydrogen-bond acceptors (Lipinski definition) is 6. The molecule has 1 unspecified atom stereocenters. The molecule has 2 rings (SSSR count). The summed E-state index contributed by atoms with van der Waals surface area (Å²) in [5.74, 6) is 0. The second-order valence-corrected chi connectivity index (χ2v) is 7.66. The van der Waals surface area contributed by atoms with Crippen LogP contribution in [0.5, 0.6) is 0 Å². The van der Waals surface area contributed by atoms with Crippen LogP contribution in [0.15, 0.2) is 15.9 Å². The normalized spacial score (nSPS) is 14.1. The molecule has 1 N–H and O–H groups in total. The maximum Gasteiger partial charge on any atom is 0.332 e. The van der Waals surface area contributed by atoms with Gasteiger partial charge in [0.05, 0.1) is 19.5 Å². The molecule has 0 fully saturated rings. The Kier molecular flexibility index (Phi) is 6.15. The topological polar surface area (TPSA) is 108 Å². The van der Waals surface area contributed by atoms with Crippen molar-refractivity contribution >= 4 is 18.8 Å². The summed E-state index contributed by atoms with van der Waals surface area (Å²) in [5, 5.41) is 0. The van der Waals surface area contributed by atoms with Crippen LogP contribution in [0.25, 0.3) is 11.2 Å². The molecule has 10 heteroatoms. The lowest BCUT2D eigenvalue weighted by molar-refractivity contribution is 0.208. The van der Waals surface area contributed by atoms with Gasteiger partial charge in [0, 0.05) is 19.8 Å². The minimum Gasteiger partial charge on any atom is -0.339 e. The van der Waals surface area contributed by atoms with Crippen molar-refractivity contribution in [3.8, 4) is 0 Å². The Morgan fingerprint density at radius 3 is 2.67 bits per heavy atom. The van der Waals surface area contributed by atoms with Crippen LogP contribution in [0.2, 0.25) is 0 Å². The molecule has 0 saturated carbocycles. The zero-order valence-corrected chi connectivity index (χ0v) is 15.0. The van der Waals surface area contributed by atoms with Crippen molar-refractivity contribution in [3.05, 3.63) is 27.2 Å². The molecule has 9 nitrogen and oxygen atoms in total. The van der Waals surface area contributed by atoms with Gasteiger partial charge in [0.25, 0.3) is 5.56 Å². The molecule has 24 heavy (non-hydrogen) atoms. The number of fused-ring (bicyclic) bond motifs is 1. The number of imidazole rings is 1. The first-order chi connectivity index (χ1) is 11.4. The van der Waals surface area contributed by atoms with E-state index < -0.39 is 13.3 Å². The van der Waals surface area contributed by atoms with Gasteiger partial charge in [-0.1, -0.05) is 6.92 Å². The summed E-state index contributed by atoms with van der Waals surface area (Å²) in [5.41, 5.74) is -0.153. The van der Waals surface area contributed by atoms with Crippen LogP contribution in [0, 0.1) is 0 Å².